The minimum Gasteiger partial charge on any atom is -0.756 e. The molecule has 0 aliphatic carbocycles. The van der Waals surface area contributed by atoms with Gasteiger partial charge in [0.2, 0.25) is 5.91 Å². The van der Waals surface area contributed by atoms with Crippen LogP contribution in [0, 0.1) is 0 Å². The number of likely N-dealkylation sites (N-methyl/N-ethyl adjacent to an activating group) is 1. The molecule has 0 aromatic rings. The molecule has 1 amide bonds. The van der Waals surface area contributed by atoms with E-state index in [0.29, 0.717) is 17.4 Å². The van der Waals surface area contributed by atoms with Gasteiger partial charge in [0.15, 0.2) is 0 Å². The molecule has 0 heterocycles. The van der Waals surface area contributed by atoms with E-state index in [2.05, 4.69) is 104 Å². The number of phosphoric acid groups is 1. The first-order valence-corrected chi connectivity index (χ1v) is 28.1. The van der Waals surface area contributed by atoms with Crippen LogP contribution in [-0.4, -0.2) is 68.5 Å². The van der Waals surface area contributed by atoms with Crippen LogP contribution >= 0.6 is 7.82 Å². The molecule has 2 N–H and O–H groups in total. The summed E-state index contributed by atoms with van der Waals surface area (Å²) >= 11 is 0. The summed E-state index contributed by atoms with van der Waals surface area (Å²) in [4.78, 5) is 25.4. The Balaban J connectivity index is 4.41. The predicted molar refractivity (Wildman–Crippen MR) is 283 cm³/mol. The van der Waals surface area contributed by atoms with Crippen molar-refractivity contribution in [2.24, 2.45) is 0 Å². The Morgan fingerprint density at radius 2 is 0.939 bits per heavy atom. The zero-order chi connectivity index (χ0) is 48.5. The molecule has 0 aliphatic rings. The molecule has 0 radical (unpaired) electrons. The van der Waals surface area contributed by atoms with Gasteiger partial charge in [0, 0.05) is 6.42 Å². The monoisotopic (exact) mass is 941 g/mol. The molecule has 0 aromatic carbocycles. The second-order valence-electron chi connectivity index (χ2n) is 18.8. The number of hydrogen-bond acceptors (Lipinski definition) is 6. The van der Waals surface area contributed by atoms with Gasteiger partial charge < -0.3 is 28.8 Å². The van der Waals surface area contributed by atoms with Crippen LogP contribution in [-0.2, 0) is 18.4 Å². The number of rotatable bonds is 47. The first-order chi connectivity index (χ1) is 32.0. The van der Waals surface area contributed by atoms with E-state index in [1.54, 1.807) is 6.08 Å². The number of unbranched alkanes of at least 4 members (excludes halogenated alkanes) is 20. The van der Waals surface area contributed by atoms with Crippen molar-refractivity contribution in [3.63, 3.8) is 0 Å². The van der Waals surface area contributed by atoms with Gasteiger partial charge >= 0.3 is 0 Å². The number of aliphatic hydroxyl groups excluding tert-OH is 1. The zero-order valence-electron chi connectivity index (χ0n) is 43.1. The van der Waals surface area contributed by atoms with E-state index < -0.39 is 26.6 Å². The number of nitrogens with zero attached hydrogens (tertiary/aromatic N) is 1. The number of aliphatic hydroxyl groups is 1. The fourth-order valence-corrected chi connectivity index (χ4v) is 7.82. The summed E-state index contributed by atoms with van der Waals surface area (Å²) in [5.41, 5.74) is 0. The van der Waals surface area contributed by atoms with Crippen molar-refractivity contribution in [3.05, 3.63) is 97.2 Å². The quantitative estimate of drug-likeness (QED) is 0.0272. The van der Waals surface area contributed by atoms with Crippen molar-refractivity contribution in [2.75, 3.05) is 40.9 Å². The minimum absolute atomic E-state index is 0.0166. The van der Waals surface area contributed by atoms with Gasteiger partial charge in [0.25, 0.3) is 7.82 Å². The molecule has 66 heavy (non-hydrogen) atoms. The maximum Gasteiger partial charge on any atom is 0.268 e. The van der Waals surface area contributed by atoms with Crippen LogP contribution in [0.4, 0.5) is 0 Å². The smallest absolute Gasteiger partial charge is 0.268 e. The highest BCUT2D eigenvalue weighted by Gasteiger charge is 2.23. The second kappa shape index (κ2) is 47.5. The second-order valence-corrected chi connectivity index (χ2v) is 20.2. The molecule has 9 heteroatoms. The molecule has 3 atom stereocenters. The van der Waals surface area contributed by atoms with Crippen molar-refractivity contribution >= 4 is 13.7 Å². The van der Waals surface area contributed by atoms with E-state index in [1.807, 2.05) is 27.2 Å². The van der Waals surface area contributed by atoms with Crippen molar-refractivity contribution in [1.82, 2.24) is 5.32 Å². The topological polar surface area (TPSA) is 108 Å². The average Bonchev–Trinajstić information content (AvgIpc) is 3.28. The van der Waals surface area contributed by atoms with Crippen LogP contribution in [0.3, 0.4) is 0 Å². The third-order valence-electron chi connectivity index (χ3n) is 11.3. The Morgan fingerprint density at radius 3 is 1.41 bits per heavy atom. The number of nitrogens with one attached hydrogen (secondary N) is 1. The average molecular weight is 941 g/mol. The first kappa shape index (κ1) is 63.4. The van der Waals surface area contributed by atoms with Crippen LogP contribution in [0.25, 0.3) is 0 Å². The Labute approximate surface area is 407 Å². The van der Waals surface area contributed by atoms with Crippen molar-refractivity contribution in [2.45, 2.75) is 219 Å². The predicted octanol–water partition coefficient (Wildman–Crippen LogP) is 15.2. The van der Waals surface area contributed by atoms with E-state index in [1.165, 1.54) is 96.3 Å². The van der Waals surface area contributed by atoms with Gasteiger partial charge in [0.05, 0.1) is 39.9 Å². The molecule has 3 unspecified atom stereocenters. The van der Waals surface area contributed by atoms with E-state index in [0.717, 1.165) is 89.9 Å². The van der Waals surface area contributed by atoms with E-state index in [-0.39, 0.29) is 12.5 Å². The lowest BCUT2D eigenvalue weighted by molar-refractivity contribution is -0.870. The van der Waals surface area contributed by atoms with Crippen LogP contribution in [0.2, 0.25) is 0 Å². The van der Waals surface area contributed by atoms with Crippen LogP contribution in [0.15, 0.2) is 97.2 Å². The summed E-state index contributed by atoms with van der Waals surface area (Å²) in [5.74, 6) is -0.226. The first-order valence-electron chi connectivity index (χ1n) is 26.6. The van der Waals surface area contributed by atoms with Gasteiger partial charge in [-0.3, -0.25) is 9.36 Å². The van der Waals surface area contributed by atoms with E-state index in [9.17, 15) is 19.4 Å². The summed E-state index contributed by atoms with van der Waals surface area (Å²) in [7, 11) is 1.21. The number of quaternary nitrogens is 1. The molecule has 8 nitrogen and oxygen atoms in total. The maximum absolute atomic E-state index is 12.9. The Morgan fingerprint density at radius 1 is 0.545 bits per heavy atom. The molecule has 0 aliphatic heterocycles. The van der Waals surface area contributed by atoms with Gasteiger partial charge in [-0.1, -0.05) is 207 Å². The zero-order valence-corrected chi connectivity index (χ0v) is 44.0. The standard InChI is InChI=1S/C57H101N2O6P/c1-6-8-10-12-14-16-18-20-22-24-26-28-29-31-33-35-37-39-41-43-45-47-49-51-57(61)58-55(54-65-66(62,63)64-53-52-59(3,4)5)56(60)50-48-46-44-42-40-38-36-34-32-30-27-25-23-21-19-17-15-13-11-9-7-2/h8,10,14,16,20,22,26,28,31-34,40,42,48,50,55-56,60H,6-7,9,11-13,15,17-19,21,23-25,27,29-30,35-39,41,43-47,49,51-54H2,1-5H3,(H-,58,61,62,63)/b10-8-,16-14-,22-20-,28-26-,33-31-,34-32+,42-40+,50-48+. The molecule has 0 fully saturated rings. The van der Waals surface area contributed by atoms with Gasteiger partial charge in [-0.2, -0.15) is 0 Å². The maximum atomic E-state index is 12.9. The molecule has 0 bridgehead atoms. The van der Waals surface area contributed by atoms with E-state index >= 15 is 0 Å². The van der Waals surface area contributed by atoms with Crippen molar-refractivity contribution < 1.29 is 32.9 Å². The highest BCUT2D eigenvalue weighted by molar-refractivity contribution is 7.45. The van der Waals surface area contributed by atoms with Crippen LogP contribution in [0.5, 0.6) is 0 Å². The Hall–Kier alpha value is -2.58. The minimum atomic E-state index is -4.62. The highest BCUT2D eigenvalue weighted by atomic mass is 31.2. The Bertz CT molecular complexity index is 1390. The summed E-state index contributed by atoms with van der Waals surface area (Å²) in [6.45, 7) is 4.49. The fraction of sp³-hybridized carbons (Fsp3) is 0.702. The summed E-state index contributed by atoms with van der Waals surface area (Å²) in [5, 5.41) is 13.8. The summed E-state index contributed by atoms with van der Waals surface area (Å²) in [6.07, 6.45) is 67.5. The normalized spacial score (nSPS) is 14.8. The molecular formula is C57H101N2O6P. The molecule has 0 aromatic heterocycles. The molecule has 0 saturated heterocycles. The van der Waals surface area contributed by atoms with E-state index in [4.69, 9.17) is 9.05 Å². The molecular weight excluding hydrogens is 840 g/mol. The van der Waals surface area contributed by atoms with Gasteiger partial charge in [-0.05, 0) is 89.9 Å². The number of allylic oxidation sites excluding steroid dienone is 15. The van der Waals surface area contributed by atoms with Crippen LogP contribution < -0.4 is 10.2 Å². The number of carbonyl (C=O) groups excluding carboxylic acids is 1. The van der Waals surface area contributed by atoms with Gasteiger partial charge in [-0.15, -0.1) is 0 Å². The van der Waals surface area contributed by atoms with Crippen molar-refractivity contribution in [1.29, 1.82) is 0 Å². The third kappa shape index (κ3) is 49.3. The lowest BCUT2D eigenvalue weighted by atomic mass is 10.1. The number of phosphoric ester groups is 1. The number of carbonyl (C=O) groups is 1. The largest absolute Gasteiger partial charge is 0.756 e. The number of hydrogen-bond donors (Lipinski definition) is 2. The lowest BCUT2D eigenvalue weighted by Gasteiger charge is -2.29. The fourth-order valence-electron chi connectivity index (χ4n) is 7.09. The summed E-state index contributed by atoms with van der Waals surface area (Å²) < 4.78 is 23.3. The summed E-state index contributed by atoms with van der Waals surface area (Å²) in [6, 6.07) is -0.923. The molecule has 0 rings (SSSR count). The molecule has 0 spiro atoms. The van der Waals surface area contributed by atoms with Crippen molar-refractivity contribution in [3.8, 4) is 0 Å². The molecule has 0 saturated carbocycles. The molecule has 380 valence electrons. The third-order valence-corrected chi connectivity index (χ3v) is 12.2. The SMILES string of the molecule is CC/C=C\C/C=C\C/C=C\C/C=C\C/C=C\CCCCCCCCCC(=O)NC(COP(=O)([O-])OCC[N+](C)(C)C)C(O)/C=C/CC/C=C/CC/C=C/CCCCCCCCCCCCC. The van der Waals surface area contributed by atoms with Crippen LogP contribution in [0.1, 0.15) is 206 Å². The lowest BCUT2D eigenvalue weighted by Crippen LogP contribution is -2.45. The van der Waals surface area contributed by atoms with Gasteiger partial charge in [-0.25, -0.2) is 0 Å². The Kier molecular flexibility index (Phi) is 45.6. The number of amides is 1. The highest BCUT2D eigenvalue weighted by Crippen LogP contribution is 2.38. The van der Waals surface area contributed by atoms with Gasteiger partial charge in [0.1, 0.15) is 13.2 Å².